The molecule has 0 bridgehead atoms. The average molecular weight is 346 g/mol. The summed E-state index contributed by atoms with van der Waals surface area (Å²) in [4.78, 5) is 20.4. The summed E-state index contributed by atoms with van der Waals surface area (Å²) in [6.45, 7) is 3.68. The van der Waals surface area contributed by atoms with Gasteiger partial charge in [-0.25, -0.2) is 4.98 Å². The van der Waals surface area contributed by atoms with Gasteiger partial charge in [-0.15, -0.1) is 0 Å². The van der Waals surface area contributed by atoms with Crippen LogP contribution in [-0.4, -0.2) is 21.0 Å². The van der Waals surface area contributed by atoms with E-state index < -0.39 is 0 Å². The van der Waals surface area contributed by atoms with Crippen LogP contribution < -0.4 is 5.32 Å². The van der Waals surface area contributed by atoms with Gasteiger partial charge in [-0.1, -0.05) is 24.2 Å². The van der Waals surface area contributed by atoms with E-state index in [0.29, 0.717) is 29.1 Å². The van der Waals surface area contributed by atoms with Crippen molar-refractivity contribution < 1.29 is 9.32 Å². The zero-order valence-corrected chi connectivity index (χ0v) is 14.5. The van der Waals surface area contributed by atoms with Gasteiger partial charge in [0.25, 0.3) is 5.91 Å². The van der Waals surface area contributed by atoms with Gasteiger partial charge in [0.1, 0.15) is 17.1 Å². The van der Waals surface area contributed by atoms with Gasteiger partial charge in [-0.2, -0.15) is 0 Å². The second-order valence-corrected chi connectivity index (χ2v) is 6.05. The Bertz CT molecular complexity index is 1040. The number of nitrogens with zero attached hydrogens (tertiary/aromatic N) is 2. The molecular formula is C20H18N4O2. The molecule has 0 saturated carbocycles. The summed E-state index contributed by atoms with van der Waals surface area (Å²) in [5, 5.41) is 6.82. The minimum atomic E-state index is -0.211. The third kappa shape index (κ3) is 2.86. The van der Waals surface area contributed by atoms with Crippen molar-refractivity contribution in [1.82, 2.24) is 15.1 Å². The molecule has 0 spiro atoms. The smallest absolute Gasteiger partial charge is 0.261 e. The number of carbonyl (C=O) groups excluding carboxylic acids is 1. The largest absolute Gasteiger partial charge is 0.361 e. The highest BCUT2D eigenvalue weighted by Gasteiger charge is 2.19. The summed E-state index contributed by atoms with van der Waals surface area (Å²) in [5.74, 6) is 1.11. The van der Waals surface area contributed by atoms with Crippen LogP contribution in [0.5, 0.6) is 0 Å². The zero-order valence-electron chi connectivity index (χ0n) is 14.5. The molecule has 1 amide bonds. The molecule has 0 atom stereocenters. The number of hydrogen-bond acceptors (Lipinski definition) is 4. The molecule has 0 fully saturated rings. The van der Waals surface area contributed by atoms with Gasteiger partial charge < -0.3 is 14.8 Å². The van der Waals surface area contributed by atoms with E-state index >= 15 is 0 Å². The number of aromatic nitrogens is 3. The summed E-state index contributed by atoms with van der Waals surface area (Å²) in [7, 11) is 0. The zero-order chi connectivity index (χ0) is 18.1. The molecule has 0 unspecified atom stereocenters. The van der Waals surface area contributed by atoms with Crippen molar-refractivity contribution in [3.63, 3.8) is 0 Å². The van der Waals surface area contributed by atoms with Crippen LogP contribution in [0.1, 0.15) is 28.7 Å². The second-order valence-electron chi connectivity index (χ2n) is 6.05. The molecule has 4 rings (SSSR count). The molecular weight excluding hydrogens is 328 g/mol. The molecule has 2 aromatic heterocycles. The number of para-hydroxylation sites is 2. The van der Waals surface area contributed by atoms with Crippen molar-refractivity contribution in [3.05, 3.63) is 65.5 Å². The van der Waals surface area contributed by atoms with Crippen LogP contribution in [0.3, 0.4) is 0 Å². The van der Waals surface area contributed by atoms with E-state index in [-0.39, 0.29) is 5.91 Å². The molecule has 4 aromatic rings. The van der Waals surface area contributed by atoms with Crippen LogP contribution in [0.4, 0.5) is 5.69 Å². The molecule has 6 heteroatoms. The molecule has 26 heavy (non-hydrogen) atoms. The highest BCUT2D eigenvalue weighted by atomic mass is 16.5. The van der Waals surface area contributed by atoms with Crippen LogP contribution >= 0.6 is 0 Å². The second kappa shape index (κ2) is 6.48. The van der Waals surface area contributed by atoms with Gasteiger partial charge in [0.05, 0.1) is 16.7 Å². The fourth-order valence-electron chi connectivity index (χ4n) is 2.94. The number of benzene rings is 2. The van der Waals surface area contributed by atoms with Gasteiger partial charge in [0, 0.05) is 11.3 Å². The highest BCUT2D eigenvalue weighted by Crippen LogP contribution is 2.23. The van der Waals surface area contributed by atoms with Crippen molar-refractivity contribution >= 4 is 22.6 Å². The summed E-state index contributed by atoms with van der Waals surface area (Å²) in [5.41, 5.74) is 4.75. The van der Waals surface area contributed by atoms with Gasteiger partial charge in [0.15, 0.2) is 0 Å². The molecule has 2 aromatic carbocycles. The van der Waals surface area contributed by atoms with Crippen LogP contribution in [0.25, 0.3) is 22.4 Å². The number of rotatable bonds is 4. The first-order chi connectivity index (χ1) is 12.7. The van der Waals surface area contributed by atoms with Crippen molar-refractivity contribution in [3.8, 4) is 11.4 Å². The van der Waals surface area contributed by atoms with E-state index in [1.54, 1.807) is 6.92 Å². The van der Waals surface area contributed by atoms with Gasteiger partial charge in [-0.3, -0.25) is 4.79 Å². The van der Waals surface area contributed by atoms with Crippen molar-refractivity contribution in [2.45, 2.75) is 20.3 Å². The number of hydrogen-bond donors (Lipinski definition) is 2. The number of amides is 1. The lowest BCUT2D eigenvalue weighted by Gasteiger charge is -2.06. The first-order valence-corrected chi connectivity index (χ1v) is 8.47. The van der Waals surface area contributed by atoms with Crippen molar-refractivity contribution in [1.29, 1.82) is 0 Å². The lowest BCUT2D eigenvalue weighted by atomic mass is 10.1. The SMILES string of the molecule is CCc1noc(C)c1C(=O)Nc1ccc(-c2nc3ccccc3[nH]2)cc1. The maximum absolute atomic E-state index is 12.5. The van der Waals surface area contributed by atoms with E-state index in [2.05, 4.69) is 20.4 Å². The summed E-state index contributed by atoms with van der Waals surface area (Å²) in [6.07, 6.45) is 0.644. The third-order valence-electron chi connectivity index (χ3n) is 4.30. The highest BCUT2D eigenvalue weighted by molar-refractivity contribution is 6.05. The Morgan fingerprint density at radius 1 is 1.15 bits per heavy atom. The van der Waals surface area contributed by atoms with Gasteiger partial charge in [0.2, 0.25) is 0 Å². The Balaban J connectivity index is 1.56. The minimum Gasteiger partial charge on any atom is -0.361 e. The number of nitrogens with one attached hydrogen (secondary N) is 2. The maximum atomic E-state index is 12.5. The molecule has 2 N–H and O–H groups in total. The maximum Gasteiger partial charge on any atom is 0.261 e. The van der Waals surface area contributed by atoms with Gasteiger partial charge >= 0.3 is 0 Å². The van der Waals surface area contributed by atoms with Crippen molar-refractivity contribution in [2.75, 3.05) is 5.32 Å². The Morgan fingerprint density at radius 3 is 2.65 bits per heavy atom. The number of aromatic amines is 1. The molecule has 0 radical (unpaired) electrons. The Kier molecular flexibility index (Phi) is 4.01. The number of carbonyl (C=O) groups is 1. The number of fused-ring (bicyclic) bond motifs is 1. The molecule has 0 aliphatic carbocycles. The monoisotopic (exact) mass is 346 g/mol. The first-order valence-electron chi connectivity index (χ1n) is 8.47. The molecule has 0 aliphatic rings. The van der Waals surface area contributed by atoms with Crippen LogP contribution in [-0.2, 0) is 6.42 Å². The van der Waals surface area contributed by atoms with E-state index in [1.165, 1.54) is 0 Å². The molecule has 0 aliphatic heterocycles. The third-order valence-corrected chi connectivity index (χ3v) is 4.30. The fourth-order valence-corrected chi connectivity index (χ4v) is 2.94. The van der Waals surface area contributed by atoms with Crippen LogP contribution in [0.2, 0.25) is 0 Å². The average Bonchev–Trinajstić information content (AvgIpc) is 3.25. The lowest BCUT2D eigenvalue weighted by molar-refractivity contribution is 0.102. The normalized spacial score (nSPS) is 11.0. The van der Waals surface area contributed by atoms with Crippen LogP contribution in [0.15, 0.2) is 53.1 Å². The predicted molar refractivity (Wildman–Crippen MR) is 100 cm³/mol. The van der Waals surface area contributed by atoms with E-state index in [0.717, 1.165) is 22.4 Å². The number of aryl methyl sites for hydroxylation is 2. The van der Waals surface area contributed by atoms with Crippen LogP contribution in [0, 0.1) is 6.92 Å². The molecule has 0 saturated heterocycles. The van der Waals surface area contributed by atoms with E-state index in [1.807, 2.05) is 55.5 Å². The number of H-pyrrole nitrogens is 1. The summed E-state index contributed by atoms with van der Waals surface area (Å²) in [6, 6.07) is 15.5. The molecule has 130 valence electrons. The molecule has 6 nitrogen and oxygen atoms in total. The Morgan fingerprint density at radius 2 is 1.92 bits per heavy atom. The summed E-state index contributed by atoms with van der Waals surface area (Å²) >= 11 is 0. The fraction of sp³-hybridized carbons (Fsp3) is 0.150. The minimum absolute atomic E-state index is 0.211. The molecule has 2 heterocycles. The van der Waals surface area contributed by atoms with E-state index in [4.69, 9.17) is 4.52 Å². The Hall–Kier alpha value is -3.41. The number of imidazole rings is 1. The van der Waals surface area contributed by atoms with Crippen molar-refractivity contribution in [2.24, 2.45) is 0 Å². The number of anilines is 1. The first kappa shape index (κ1) is 16.1. The lowest BCUT2D eigenvalue weighted by Crippen LogP contribution is -2.14. The summed E-state index contributed by atoms with van der Waals surface area (Å²) < 4.78 is 5.13. The van der Waals surface area contributed by atoms with Gasteiger partial charge in [-0.05, 0) is 49.7 Å². The quantitative estimate of drug-likeness (QED) is 0.576. The van der Waals surface area contributed by atoms with E-state index in [9.17, 15) is 4.79 Å². The Labute approximate surface area is 150 Å². The topological polar surface area (TPSA) is 83.8 Å². The predicted octanol–water partition coefficient (Wildman–Crippen LogP) is 4.34. The standard InChI is InChI=1S/C20H18N4O2/c1-3-15-18(12(2)26-24-15)20(25)21-14-10-8-13(9-11-14)19-22-16-6-4-5-7-17(16)23-19/h4-11H,3H2,1-2H3,(H,21,25)(H,22,23).